The average molecular weight is 311 g/mol. The topological polar surface area (TPSA) is 53.8 Å². The van der Waals surface area contributed by atoms with Gasteiger partial charge in [0, 0.05) is 10.9 Å². The van der Waals surface area contributed by atoms with Crippen LogP contribution in [0.1, 0.15) is 17.8 Å². The molecule has 0 saturated heterocycles. The molecule has 0 N–H and O–H groups in total. The molecule has 6 heteroatoms. The molecular formula is C13H8Cl2N2OS. The van der Waals surface area contributed by atoms with Gasteiger partial charge in [0.15, 0.2) is 11.7 Å². The molecule has 0 saturated carbocycles. The van der Waals surface area contributed by atoms with Crippen LogP contribution in [0.4, 0.5) is 0 Å². The fourth-order valence-corrected chi connectivity index (χ4v) is 2.75. The lowest BCUT2D eigenvalue weighted by Crippen LogP contribution is -2.05. The molecule has 96 valence electrons. The highest BCUT2D eigenvalue weighted by molar-refractivity contribution is 7.10. The van der Waals surface area contributed by atoms with Crippen molar-refractivity contribution >= 4 is 40.3 Å². The number of nitrogens with zero attached hydrogens (tertiary/aromatic N) is 2. The zero-order valence-electron chi connectivity index (χ0n) is 9.85. The molecule has 3 nitrogen and oxygen atoms in total. The molecule has 1 aromatic carbocycles. The second kappa shape index (κ2) is 5.70. The van der Waals surface area contributed by atoms with Crippen LogP contribution in [0.5, 0.6) is 0 Å². The number of thiazole rings is 1. The van der Waals surface area contributed by atoms with E-state index in [1.165, 1.54) is 18.3 Å². The van der Waals surface area contributed by atoms with Crippen molar-refractivity contribution in [1.82, 2.24) is 4.98 Å². The lowest BCUT2D eigenvalue weighted by atomic mass is 10.1. The van der Waals surface area contributed by atoms with Gasteiger partial charge in [-0.2, -0.15) is 5.26 Å². The van der Waals surface area contributed by atoms with E-state index in [-0.39, 0.29) is 5.78 Å². The van der Waals surface area contributed by atoms with Crippen LogP contribution in [0.15, 0.2) is 23.6 Å². The van der Waals surface area contributed by atoms with Gasteiger partial charge in [-0.1, -0.05) is 29.3 Å². The number of benzene rings is 1. The standard InChI is InChI=1S/C13H8Cl2N2OS/c1-7(18)9(5-16)13-17-12(6-19-13)8-2-3-10(14)11(15)4-8/h2-4,6,9H,1H3/t9-/m1/s1. The highest BCUT2D eigenvalue weighted by Gasteiger charge is 2.20. The average Bonchev–Trinajstić information content (AvgIpc) is 2.82. The van der Waals surface area contributed by atoms with E-state index in [1.54, 1.807) is 23.6 Å². The maximum atomic E-state index is 11.3. The van der Waals surface area contributed by atoms with Crippen molar-refractivity contribution in [2.45, 2.75) is 12.8 Å². The first-order valence-electron chi connectivity index (χ1n) is 5.34. The van der Waals surface area contributed by atoms with Gasteiger partial charge < -0.3 is 0 Å². The second-order valence-corrected chi connectivity index (χ2v) is 5.58. The Morgan fingerprint density at radius 1 is 1.42 bits per heavy atom. The summed E-state index contributed by atoms with van der Waals surface area (Å²) >= 11 is 13.1. The van der Waals surface area contributed by atoms with Crippen LogP contribution in [-0.4, -0.2) is 10.8 Å². The maximum Gasteiger partial charge on any atom is 0.156 e. The molecule has 0 aliphatic heterocycles. The molecule has 19 heavy (non-hydrogen) atoms. The number of hydrogen-bond acceptors (Lipinski definition) is 4. The van der Waals surface area contributed by atoms with Crippen LogP contribution in [-0.2, 0) is 4.79 Å². The molecule has 0 unspecified atom stereocenters. The summed E-state index contributed by atoms with van der Waals surface area (Å²) in [4.78, 5) is 15.6. The van der Waals surface area contributed by atoms with Crippen molar-refractivity contribution in [3.8, 4) is 17.3 Å². The summed E-state index contributed by atoms with van der Waals surface area (Å²) in [5.74, 6) is -1.01. The Morgan fingerprint density at radius 3 is 2.74 bits per heavy atom. The van der Waals surface area contributed by atoms with Crippen LogP contribution in [0.2, 0.25) is 10.0 Å². The highest BCUT2D eigenvalue weighted by atomic mass is 35.5. The molecular weight excluding hydrogens is 303 g/mol. The van der Waals surface area contributed by atoms with Gasteiger partial charge in [0.1, 0.15) is 5.01 Å². The maximum absolute atomic E-state index is 11.3. The molecule has 0 bridgehead atoms. The smallest absolute Gasteiger partial charge is 0.156 e. The third kappa shape index (κ3) is 2.95. The number of ketones is 1. The largest absolute Gasteiger partial charge is 0.298 e. The SMILES string of the molecule is CC(=O)[C@@H](C#N)c1nc(-c2ccc(Cl)c(Cl)c2)cs1. The van der Waals surface area contributed by atoms with Crippen molar-refractivity contribution in [3.05, 3.63) is 38.6 Å². The number of nitriles is 1. The molecule has 1 atom stereocenters. The van der Waals surface area contributed by atoms with Gasteiger partial charge in [0.2, 0.25) is 0 Å². The Morgan fingerprint density at radius 2 is 2.16 bits per heavy atom. The van der Waals surface area contributed by atoms with Crippen LogP contribution in [0, 0.1) is 11.3 Å². The van der Waals surface area contributed by atoms with E-state index < -0.39 is 5.92 Å². The number of aromatic nitrogens is 1. The van der Waals surface area contributed by atoms with E-state index in [2.05, 4.69) is 4.98 Å². The summed E-state index contributed by atoms with van der Waals surface area (Å²) in [6.07, 6.45) is 0. The number of Topliss-reactive ketones (excluding diaryl/α,β-unsaturated/α-hetero) is 1. The summed E-state index contributed by atoms with van der Waals surface area (Å²) in [6, 6.07) is 7.14. The van der Waals surface area contributed by atoms with Crippen molar-refractivity contribution in [3.63, 3.8) is 0 Å². The van der Waals surface area contributed by atoms with Gasteiger partial charge in [-0.05, 0) is 19.1 Å². The summed E-state index contributed by atoms with van der Waals surface area (Å²) in [5, 5.41) is 12.2. The van der Waals surface area contributed by atoms with Gasteiger partial charge in [-0.3, -0.25) is 4.79 Å². The predicted octanol–water partition coefficient (Wildman–Crippen LogP) is 4.31. The predicted molar refractivity (Wildman–Crippen MR) is 76.6 cm³/mol. The third-order valence-corrected chi connectivity index (χ3v) is 4.17. The molecule has 0 amide bonds. The van der Waals surface area contributed by atoms with E-state index in [4.69, 9.17) is 28.5 Å². The number of carbonyl (C=O) groups is 1. The lowest BCUT2D eigenvalue weighted by Gasteiger charge is -2.01. The van der Waals surface area contributed by atoms with Crippen LogP contribution in [0.3, 0.4) is 0 Å². The Balaban J connectivity index is 2.38. The third-order valence-electron chi connectivity index (χ3n) is 2.52. The lowest BCUT2D eigenvalue weighted by molar-refractivity contribution is -0.117. The first-order valence-corrected chi connectivity index (χ1v) is 6.97. The fraction of sp³-hybridized carbons (Fsp3) is 0.154. The number of hydrogen-bond donors (Lipinski definition) is 0. The van der Waals surface area contributed by atoms with E-state index in [0.717, 1.165) is 5.56 Å². The fourth-order valence-electron chi connectivity index (χ4n) is 1.53. The minimum atomic E-state index is -0.804. The van der Waals surface area contributed by atoms with E-state index >= 15 is 0 Å². The molecule has 0 aliphatic carbocycles. The number of rotatable bonds is 3. The highest BCUT2D eigenvalue weighted by Crippen LogP contribution is 2.31. The quantitative estimate of drug-likeness (QED) is 0.848. The molecule has 0 fully saturated rings. The molecule has 0 radical (unpaired) electrons. The van der Waals surface area contributed by atoms with Gasteiger partial charge in [0.05, 0.1) is 21.8 Å². The van der Waals surface area contributed by atoms with E-state index in [0.29, 0.717) is 20.7 Å². The first-order chi connectivity index (χ1) is 9.02. The van der Waals surface area contributed by atoms with Crippen LogP contribution in [0.25, 0.3) is 11.3 Å². The van der Waals surface area contributed by atoms with Gasteiger partial charge >= 0.3 is 0 Å². The Labute approximate surface area is 124 Å². The molecule has 2 rings (SSSR count). The zero-order valence-corrected chi connectivity index (χ0v) is 12.2. The van der Waals surface area contributed by atoms with E-state index in [1.807, 2.05) is 6.07 Å². The Hall–Kier alpha value is -1.41. The van der Waals surface area contributed by atoms with Crippen LogP contribution < -0.4 is 0 Å². The minimum absolute atomic E-state index is 0.211. The van der Waals surface area contributed by atoms with Gasteiger partial charge in [0.25, 0.3) is 0 Å². The van der Waals surface area contributed by atoms with Gasteiger partial charge in [-0.15, -0.1) is 11.3 Å². The monoisotopic (exact) mass is 310 g/mol. The van der Waals surface area contributed by atoms with Crippen molar-refractivity contribution < 1.29 is 4.79 Å². The molecule has 0 spiro atoms. The summed E-state index contributed by atoms with van der Waals surface area (Å²) in [5.41, 5.74) is 1.48. The van der Waals surface area contributed by atoms with Gasteiger partial charge in [-0.25, -0.2) is 4.98 Å². The summed E-state index contributed by atoms with van der Waals surface area (Å²) < 4.78 is 0. The van der Waals surface area contributed by atoms with Crippen molar-refractivity contribution in [1.29, 1.82) is 5.26 Å². The van der Waals surface area contributed by atoms with Crippen molar-refractivity contribution in [2.24, 2.45) is 0 Å². The normalized spacial score (nSPS) is 11.9. The molecule has 0 aliphatic rings. The molecule has 1 aromatic heterocycles. The Bertz CT molecular complexity index is 676. The van der Waals surface area contributed by atoms with Crippen molar-refractivity contribution in [2.75, 3.05) is 0 Å². The zero-order chi connectivity index (χ0) is 14.0. The van der Waals surface area contributed by atoms with Crippen LogP contribution >= 0.6 is 34.5 Å². The first kappa shape index (κ1) is 14.0. The number of halogens is 2. The molecule has 1 heterocycles. The van der Waals surface area contributed by atoms with E-state index in [9.17, 15) is 4.79 Å². The molecule has 2 aromatic rings. The second-order valence-electron chi connectivity index (χ2n) is 3.87. The number of carbonyl (C=O) groups excluding carboxylic acids is 1. The summed E-state index contributed by atoms with van der Waals surface area (Å²) in [7, 11) is 0. The summed E-state index contributed by atoms with van der Waals surface area (Å²) in [6.45, 7) is 1.38. The minimum Gasteiger partial charge on any atom is -0.298 e. The Kier molecular flexibility index (Phi) is 4.20.